The predicted octanol–water partition coefficient (Wildman–Crippen LogP) is 2.86. The maximum absolute atomic E-state index is 5.71. The summed E-state index contributed by atoms with van der Waals surface area (Å²) in [4.78, 5) is 3.05. The molecule has 0 aromatic heterocycles. The Hall–Kier alpha value is -1.65. The van der Waals surface area contributed by atoms with E-state index in [1.807, 2.05) is 18.2 Å². The van der Waals surface area contributed by atoms with Crippen molar-refractivity contribution < 1.29 is 9.47 Å². The van der Waals surface area contributed by atoms with Crippen molar-refractivity contribution in [3.63, 3.8) is 0 Å². The number of methoxy groups -OCH3 is 1. The second-order valence-electron chi connectivity index (χ2n) is 4.77. The molecule has 2 aromatic rings. The molecule has 1 saturated heterocycles. The third-order valence-corrected chi connectivity index (χ3v) is 4.09. The van der Waals surface area contributed by atoms with Crippen molar-refractivity contribution in [3.8, 4) is 5.75 Å². The normalized spacial score (nSPS) is 15.3. The molecule has 2 aromatic carbocycles. The molecule has 0 N–H and O–H groups in total. The maximum atomic E-state index is 5.71. The Morgan fingerprint density at radius 2 is 1.90 bits per heavy atom. The number of nitrogens with zero attached hydrogens (tertiary/aromatic N) is 1. The highest BCUT2D eigenvalue weighted by Gasteiger charge is 2.20. The smallest absolute Gasteiger partial charge is 0.129 e. The summed E-state index contributed by atoms with van der Waals surface area (Å²) >= 11 is 5.71. The molecule has 1 fully saturated rings. The molecule has 1 aliphatic rings. The Labute approximate surface area is 124 Å². The zero-order valence-corrected chi connectivity index (χ0v) is 12.3. The summed E-state index contributed by atoms with van der Waals surface area (Å²) in [7, 11) is 1.69. The Morgan fingerprint density at radius 3 is 2.65 bits per heavy atom. The van der Waals surface area contributed by atoms with Crippen LogP contribution in [0.5, 0.6) is 5.75 Å². The van der Waals surface area contributed by atoms with Crippen LogP contribution in [-0.2, 0) is 4.74 Å². The second kappa shape index (κ2) is 5.77. The van der Waals surface area contributed by atoms with Gasteiger partial charge in [-0.3, -0.25) is 0 Å². The van der Waals surface area contributed by atoms with E-state index in [1.54, 1.807) is 7.11 Å². The van der Waals surface area contributed by atoms with Crippen LogP contribution in [0.4, 0.5) is 0 Å². The van der Waals surface area contributed by atoms with Gasteiger partial charge in [-0.1, -0.05) is 42.5 Å². The SMILES string of the molecule is COc1ccc2ccccc2c1C(=S)N1CCOCC1. The number of rotatable bonds is 2. The number of hydrogen-bond donors (Lipinski definition) is 0. The highest BCUT2D eigenvalue weighted by molar-refractivity contribution is 7.80. The van der Waals surface area contributed by atoms with Crippen LogP contribution in [0.1, 0.15) is 5.56 Å². The van der Waals surface area contributed by atoms with E-state index in [-0.39, 0.29) is 0 Å². The largest absolute Gasteiger partial charge is 0.496 e. The number of fused-ring (bicyclic) bond motifs is 1. The summed E-state index contributed by atoms with van der Waals surface area (Å²) in [5, 5.41) is 2.32. The first-order valence-electron chi connectivity index (χ1n) is 6.74. The van der Waals surface area contributed by atoms with Crippen LogP contribution in [-0.4, -0.2) is 43.3 Å². The Kier molecular flexibility index (Phi) is 3.85. The lowest BCUT2D eigenvalue weighted by atomic mass is 10.0. The van der Waals surface area contributed by atoms with Gasteiger partial charge in [-0.2, -0.15) is 0 Å². The van der Waals surface area contributed by atoms with Gasteiger partial charge in [0.1, 0.15) is 10.7 Å². The molecule has 0 radical (unpaired) electrons. The van der Waals surface area contributed by atoms with E-state index in [4.69, 9.17) is 21.7 Å². The van der Waals surface area contributed by atoms with Crippen LogP contribution >= 0.6 is 12.2 Å². The molecule has 0 bridgehead atoms. The number of benzene rings is 2. The van der Waals surface area contributed by atoms with Crippen molar-refractivity contribution in [1.29, 1.82) is 0 Å². The van der Waals surface area contributed by atoms with Crippen molar-refractivity contribution in [1.82, 2.24) is 4.90 Å². The molecule has 20 heavy (non-hydrogen) atoms. The van der Waals surface area contributed by atoms with Gasteiger partial charge in [0.05, 0.1) is 25.9 Å². The van der Waals surface area contributed by atoms with E-state index in [1.165, 1.54) is 5.39 Å². The first kappa shape index (κ1) is 13.3. The molecule has 3 nitrogen and oxygen atoms in total. The summed E-state index contributed by atoms with van der Waals surface area (Å²) in [5.41, 5.74) is 1.02. The van der Waals surface area contributed by atoms with Crippen LogP contribution < -0.4 is 4.74 Å². The minimum absolute atomic E-state index is 0.729. The van der Waals surface area contributed by atoms with Crippen LogP contribution in [0.2, 0.25) is 0 Å². The van der Waals surface area contributed by atoms with Gasteiger partial charge in [-0.25, -0.2) is 0 Å². The minimum atomic E-state index is 0.729. The van der Waals surface area contributed by atoms with Crippen LogP contribution in [0.25, 0.3) is 10.8 Å². The summed E-state index contributed by atoms with van der Waals surface area (Å²) in [6.45, 7) is 3.14. The zero-order chi connectivity index (χ0) is 13.9. The molecular formula is C16H17NO2S. The third kappa shape index (κ3) is 2.37. The maximum Gasteiger partial charge on any atom is 0.129 e. The van der Waals surface area contributed by atoms with Crippen molar-refractivity contribution in [2.75, 3.05) is 33.4 Å². The van der Waals surface area contributed by atoms with Crippen LogP contribution in [0.3, 0.4) is 0 Å². The molecule has 0 amide bonds. The van der Waals surface area contributed by atoms with Crippen LogP contribution in [0, 0.1) is 0 Å². The average molecular weight is 287 g/mol. The fourth-order valence-corrected chi connectivity index (χ4v) is 2.96. The van der Waals surface area contributed by atoms with Gasteiger partial charge in [0, 0.05) is 13.1 Å². The standard InChI is InChI=1S/C16H17NO2S/c1-18-14-7-6-12-4-2-3-5-13(12)15(14)16(20)17-8-10-19-11-9-17/h2-7H,8-11H2,1H3. The Bertz CT molecular complexity index is 635. The topological polar surface area (TPSA) is 21.7 Å². The molecule has 104 valence electrons. The average Bonchev–Trinajstić information content (AvgIpc) is 2.54. The second-order valence-corrected chi connectivity index (χ2v) is 5.16. The number of thiocarbonyl (C=S) groups is 1. The quantitative estimate of drug-likeness (QED) is 0.792. The highest BCUT2D eigenvalue weighted by Crippen LogP contribution is 2.29. The molecule has 0 atom stereocenters. The summed E-state index contributed by atoms with van der Waals surface area (Å²) in [6, 6.07) is 12.3. The monoisotopic (exact) mass is 287 g/mol. The third-order valence-electron chi connectivity index (χ3n) is 3.62. The molecular weight excluding hydrogens is 270 g/mol. The first-order valence-corrected chi connectivity index (χ1v) is 7.15. The lowest BCUT2D eigenvalue weighted by Crippen LogP contribution is -2.40. The van der Waals surface area contributed by atoms with E-state index in [0.29, 0.717) is 0 Å². The van der Waals surface area contributed by atoms with E-state index in [9.17, 15) is 0 Å². The zero-order valence-electron chi connectivity index (χ0n) is 11.5. The lowest BCUT2D eigenvalue weighted by Gasteiger charge is -2.30. The number of hydrogen-bond acceptors (Lipinski definition) is 3. The molecule has 1 aliphatic heterocycles. The van der Waals surface area contributed by atoms with Crippen molar-refractivity contribution in [2.45, 2.75) is 0 Å². The summed E-state index contributed by atoms with van der Waals surface area (Å²) in [5.74, 6) is 0.834. The van der Waals surface area contributed by atoms with Crippen LogP contribution in [0.15, 0.2) is 36.4 Å². The molecule has 4 heteroatoms. The number of ether oxygens (including phenoxy) is 2. The van der Waals surface area contributed by atoms with Gasteiger partial charge < -0.3 is 14.4 Å². The highest BCUT2D eigenvalue weighted by atomic mass is 32.1. The summed E-state index contributed by atoms with van der Waals surface area (Å²) in [6.07, 6.45) is 0. The van der Waals surface area contributed by atoms with Gasteiger partial charge >= 0.3 is 0 Å². The van der Waals surface area contributed by atoms with Gasteiger partial charge in [-0.05, 0) is 16.8 Å². The fraction of sp³-hybridized carbons (Fsp3) is 0.312. The minimum Gasteiger partial charge on any atom is -0.496 e. The molecule has 1 heterocycles. The van der Waals surface area contributed by atoms with E-state index >= 15 is 0 Å². The summed E-state index contributed by atoms with van der Waals surface area (Å²) < 4.78 is 10.9. The molecule has 3 rings (SSSR count). The van der Waals surface area contributed by atoms with E-state index in [0.717, 1.165) is 48.0 Å². The van der Waals surface area contributed by atoms with Crippen molar-refractivity contribution >= 4 is 28.0 Å². The molecule has 0 spiro atoms. The van der Waals surface area contributed by atoms with Gasteiger partial charge in [0.2, 0.25) is 0 Å². The first-order chi connectivity index (χ1) is 9.81. The lowest BCUT2D eigenvalue weighted by molar-refractivity contribution is 0.0692. The van der Waals surface area contributed by atoms with E-state index < -0.39 is 0 Å². The molecule has 0 saturated carbocycles. The fourth-order valence-electron chi connectivity index (χ4n) is 2.57. The van der Waals surface area contributed by atoms with Gasteiger partial charge in [0.15, 0.2) is 0 Å². The van der Waals surface area contributed by atoms with Crippen molar-refractivity contribution in [2.24, 2.45) is 0 Å². The Morgan fingerprint density at radius 1 is 1.15 bits per heavy atom. The molecule has 0 aliphatic carbocycles. The van der Waals surface area contributed by atoms with E-state index in [2.05, 4.69) is 23.1 Å². The predicted molar refractivity (Wildman–Crippen MR) is 84.6 cm³/mol. The molecule has 0 unspecified atom stereocenters. The number of morpholine rings is 1. The van der Waals surface area contributed by atoms with Gasteiger partial charge in [0.25, 0.3) is 0 Å². The van der Waals surface area contributed by atoms with Crippen molar-refractivity contribution in [3.05, 3.63) is 42.0 Å². The van der Waals surface area contributed by atoms with Gasteiger partial charge in [-0.15, -0.1) is 0 Å². The Balaban J connectivity index is 2.10.